The molecule has 0 aromatic heterocycles. The lowest BCUT2D eigenvalue weighted by Crippen LogP contribution is -2.51. The number of carbonyl (C=O) groups excluding carboxylic acids is 2. The molecular weight excluding hydrogens is 334 g/mol. The van der Waals surface area contributed by atoms with Gasteiger partial charge in [-0.3, -0.25) is 10.1 Å². The van der Waals surface area contributed by atoms with Crippen LogP contribution >= 0.6 is 0 Å². The van der Waals surface area contributed by atoms with Gasteiger partial charge in [0.2, 0.25) is 5.91 Å². The predicted octanol–water partition coefficient (Wildman–Crippen LogP) is 1.49. The molecule has 0 bridgehead atoms. The van der Waals surface area contributed by atoms with Crippen LogP contribution < -0.4 is 20.7 Å². The fourth-order valence-corrected chi connectivity index (χ4v) is 3.26. The number of imide groups is 1. The van der Waals surface area contributed by atoms with Gasteiger partial charge in [0.15, 0.2) is 0 Å². The fourth-order valence-electron chi connectivity index (χ4n) is 3.26. The largest absolute Gasteiger partial charge is 0.496 e. The Morgan fingerprint density at radius 2 is 2.00 bits per heavy atom. The minimum atomic E-state index is -0.509. The van der Waals surface area contributed by atoms with Gasteiger partial charge in [-0.2, -0.15) is 0 Å². The van der Waals surface area contributed by atoms with Crippen LogP contribution in [0.1, 0.15) is 30.9 Å². The van der Waals surface area contributed by atoms with Gasteiger partial charge in [-0.05, 0) is 32.8 Å². The number of carbonyl (C=O) groups is 2. The average molecular weight is 363 g/mol. The molecule has 1 heterocycles. The van der Waals surface area contributed by atoms with Gasteiger partial charge >= 0.3 is 6.03 Å². The second-order valence-corrected chi connectivity index (χ2v) is 6.77. The van der Waals surface area contributed by atoms with Crippen molar-refractivity contribution in [3.05, 3.63) is 29.3 Å². The van der Waals surface area contributed by atoms with Gasteiger partial charge in [0.05, 0.1) is 13.2 Å². The molecule has 1 aromatic carbocycles. The van der Waals surface area contributed by atoms with Crippen LogP contribution in [-0.2, 0) is 14.9 Å². The van der Waals surface area contributed by atoms with E-state index in [-0.39, 0.29) is 11.3 Å². The third-order valence-electron chi connectivity index (χ3n) is 4.98. The zero-order chi connectivity index (χ0) is 19.2. The molecule has 2 rings (SSSR count). The van der Waals surface area contributed by atoms with Gasteiger partial charge in [-0.15, -0.1) is 0 Å². The molecule has 0 saturated carbocycles. The number of nitrogens with one attached hydrogen (secondary N) is 3. The first kappa shape index (κ1) is 20.2. The van der Waals surface area contributed by atoms with Crippen LogP contribution in [0.15, 0.2) is 18.2 Å². The number of aryl methyl sites for hydroxylation is 1. The molecule has 1 aromatic rings. The van der Waals surface area contributed by atoms with Crippen molar-refractivity contribution in [1.29, 1.82) is 0 Å². The SMILES string of the molecule is CNC(=O)NC(=O)[C@@H](C)NCC1(c2cc(C)ccc2OC)CCOCC1. The minimum absolute atomic E-state index is 0.183. The smallest absolute Gasteiger partial charge is 0.321 e. The highest BCUT2D eigenvalue weighted by Crippen LogP contribution is 2.40. The number of benzene rings is 1. The second kappa shape index (κ2) is 9.00. The molecule has 144 valence electrons. The zero-order valence-electron chi connectivity index (χ0n) is 16.0. The van der Waals surface area contributed by atoms with Crippen molar-refractivity contribution in [2.24, 2.45) is 0 Å². The Labute approximate surface area is 154 Å². The summed E-state index contributed by atoms with van der Waals surface area (Å²) < 4.78 is 11.2. The number of hydrogen-bond donors (Lipinski definition) is 3. The van der Waals surface area contributed by atoms with Crippen LogP contribution in [0, 0.1) is 6.92 Å². The molecule has 1 atom stereocenters. The summed E-state index contributed by atoms with van der Waals surface area (Å²) in [5.74, 6) is 0.490. The highest BCUT2D eigenvalue weighted by Gasteiger charge is 2.37. The molecule has 7 nitrogen and oxygen atoms in total. The van der Waals surface area contributed by atoms with Crippen molar-refractivity contribution in [2.45, 2.75) is 38.1 Å². The van der Waals surface area contributed by atoms with E-state index in [1.807, 2.05) is 12.1 Å². The van der Waals surface area contributed by atoms with Crippen molar-refractivity contribution in [3.63, 3.8) is 0 Å². The van der Waals surface area contributed by atoms with E-state index in [4.69, 9.17) is 9.47 Å². The van der Waals surface area contributed by atoms with E-state index < -0.39 is 12.1 Å². The Kier molecular flexibility index (Phi) is 6.99. The highest BCUT2D eigenvalue weighted by atomic mass is 16.5. The Bertz CT molecular complexity index is 642. The minimum Gasteiger partial charge on any atom is -0.496 e. The number of urea groups is 1. The summed E-state index contributed by atoms with van der Waals surface area (Å²) in [7, 11) is 3.15. The topological polar surface area (TPSA) is 88.7 Å². The van der Waals surface area contributed by atoms with E-state index in [1.54, 1.807) is 14.0 Å². The zero-order valence-corrected chi connectivity index (χ0v) is 16.0. The van der Waals surface area contributed by atoms with E-state index in [9.17, 15) is 9.59 Å². The molecule has 0 radical (unpaired) electrons. The third-order valence-corrected chi connectivity index (χ3v) is 4.98. The molecule has 1 saturated heterocycles. The van der Waals surface area contributed by atoms with E-state index in [0.717, 1.165) is 29.7 Å². The van der Waals surface area contributed by atoms with Gasteiger partial charge in [-0.1, -0.05) is 17.7 Å². The monoisotopic (exact) mass is 363 g/mol. The van der Waals surface area contributed by atoms with Crippen molar-refractivity contribution in [3.8, 4) is 5.75 Å². The first-order valence-corrected chi connectivity index (χ1v) is 8.90. The summed E-state index contributed by atoms with van der Waals surface area (Å²) in [6, 6.07) is 5.17. The van der Waals surface area contributed by atoms with Gasteiger partial charge in [0.1, 0.15) is 5.75 Å². The molecule has 1 fully saturated rings. The lowest BCUT2D eigenvalue weighted by molar-refractivity contribution is -0.121. The van der Waals surface area contributed by atoms with E-state index >= 15 is 0 Å². The number of rotatable bonds is 6. The second-order valence-electron chi connectivity index (χ2n) is 6.77. The van der Waals surface area contributed by atoms with Gasteiger partial charge in [0.25, 0.3) is 0 Å². The van der Waals surface area contributed by atoms with E-state index in [0.29, 0.717) is 19.8 Å². The molecule has 0 aliphatic carbocycles. The van der Waals surface area contributed by atoms with Gasteiger partial charge < -0.3 is 20.1 Å². The van der Waals surface area contributed by atoms with Crippen molar-refractivity contribution in [2.75, 3.05) is 33.9 Å². The molecule has 1 aliphatic heterocycles. The molecule has 26 heavy (non-hydrogen) atoms. The average Bonchev–Trinajstić information content (AvgIpc) is 2.66. The summed E-state index contributed by atoms with van der Waals surface area (Å²) in [5, 5.41) is 7.97. The molecule has 3 N–H and O–H groups in total. The summed E-state index contributed by atoms with van der Waals surface area (Å²) in [6.45, 7) is 5.73. The molecule has 3 amide bonds. The van der Waals surface area contributed by atoms with Crippen molar-refractivity contribution in [1.82, 2.24) is 16.0 Å². The number of methoxy groups -OCH3 is 1. The lowest BCUT2D eigenvalue weighted by Gasteiger charge is -2.39. The number of hydrogen-bond acceptors (Lipinski definition) is 5. The van der Waals surface area contributed by atoms with Gasteiger partial charge in [0, 0.05) is 37.8 Å². The summed E-state index contributed by atoms with van der Waals surface area (Å²) in [5.41, 5.74) is 2.11. The van der Waals surface area contributed by atoms with Crippen LogP contribution in [0.4, 0.5) is 4.79 Å². The van der Waals surface area contributed by atoms with Crippen LogP contribution in [0.3, 0.4) is 0 Å². The normalized spacial score (nSPS) is 17.2. The summed E-state index contributed by atoms with van der Waals surface area (Å²) >= 11 is 0. The van der Waals surface area contributed by atoms with Crippen molar-refractivity contribution < 1.29 is 19.1 Å². The third kappa shape index (κ3) is 4.74. The number of amides is 3. The Balaban J connectivity index is 2.19. The lowest BCUT2D eigenvalue weighted by atomic mass is 9.73. The predicted molar refractivity (Wildman–Crippen MR) is 99.5 cm³/mol. The van der Waals surface area contributed by atoms with E-state index in [1.165, 1.54) is 7.05 Å². The Morgan fingerprint density at radius 1 is 1.31 bits per heavy atom. The van der Waals surface area contributed by atoms with Gasteiger partial charge in [-0.25, -0.2) is 4.79 Å². The van der Waals surface area contributed by atoms with Crippen LogP contribution in [0.2, 0.25) is 0 Å². The molecule has 0 spiro atoms. The van der Waals surface area contributed by atoms with Crippen LogP contribution in [0.5, 0.6) is 5.75 Å². The summed E-state index contributed by atoms with van der Waals surface area (Å²) in [6.07, 6.45) is 1.67. The Morgan fingerprint density at radius 3 is 2.62 bits per heavy atom. The number of ether oxygens (including phenoxy) is 2. The summed E-state index contributed by atoms with van der Waals surface area (Å²) in [4.78, 5) is 23.5. The Hall–Kier alpha value is -2.12. The first-order chi connectivity index (χ1) is 12.4. The standard InChI is InChI=1S/C19H29N3O4/c1-13-5-6-16(25-4)15(11-13)19(7-9-26-10-8-19)12-21-14(2)17(23)22-18(24)20-3/h5-6,11,14,21H,7-10,12H2,1-4H3,(H2,20,22,23,24)/t14-/m1/s1. The van der Waals surface area contributed by atoms with Crippen LogP contribution in [0.25, 0.3) is 0 Å². The first-order valence-electron chi connectivity index (χ1n) is 8.90. The quantitative estimate of drug-likeness (QED) is 0.713. The fraction of sp³-hybridized carbons (Fsp3) is 0.579. The van der Waals surface area contributed by atoms with Crippen LogP contribution in [-0.4, -0.2) is 51.9 Å². The maximum atomic E-state index is 12.1. The highest BCUT2D eigenvalue weighted by molar-refractivity contribution is 5.96. The van der Waals surface area contributed by atoms with Crippen molar-refractivity contribution >= 4 is 11.9 Å². The maximum Gasteiger partial charge on any atom is 0.321 e. The molecular formula is C19H29N3O4. The maximum absolute atomic E-state index is 12.1. The van der Waals surface area contributed by atoms with E-state index in [2.05, 4.69) is 28.9 Å². The molecule has 7 heteroatoms. The molecule has 0 unspecified atom stereocenters. The molecule has 1 aliphatic rings.